The number of carbonyl (C=O) groups excluding carboxylic acids is 1. The van der Waals surface area contributed by atoms with Gasteiger partial charge in [0, 0.05) is 12.6 Å². The van der Waals surface area contributed by atoms with Gasteiger partial charge in [-0.3, -0.25) is 4.79 Å². The summed E-state index contributed by atoms with van der Waals surface area (Å²) in [5.74, 6) is 1.62. The molecule has 0 radical (unpaired) electrons. The lowest BCUT2D eigenvalue weighted by molar-refractivity contribution is -0.122. The summed E-state index contributed by atoms with van der Waals surface area (Å²) in [5, 5.41) is 6.59. The first-order chi connectivity index (χ1) is 7.65. The van der Waals surface area contributed by atoms with Crippen LogP contribution in [0.25, 0.3) is 0 Å². The van der Waals surface area contributed by atoms with Gasteiger partial charge in [0.05, 0.1) is 5.25 Å². The van der Waals surface area contributed by atoms with E-state index >= 15 is 0 Å². The Morgan fingerprint density at radius 1 is 1.53 bits per heavy atom. The minimum atomic E-state index is 0. The van der Waals surface area contributed by atoms with E-state index in [0.717, 1.165) is 31.7 Å². The second kappa shape index (κ2) is 9.06. The number of hydrogen-bond acceptors (Lipinski definition) is 3. The van der Waals surface area contributed by atoms with Gasteiger partial charge < -0.3 is 10.6 Å². The predicted octanol–water partition coefficient (Wildman–Crippen LogP) is 2.05. The molecule has 102 valence electrons. The third kappa shape index (κ3) is 5.98. The average Bonchev–Trinajstić information content (AvgIpc) is 2.26. The topological polar surface area (TPSA) is 41.1 Å². The van der Waals surface area contributed by atoms with Crippen LogP contribution in [0.5, 0.6) is 0 Å². The van der Waals surface area contributed by atoms with Gasteiger partial charge in [-0.1, -0.05) is 20.8 Å². The second-order valence-electron chi connectivity index (χ2n) is 4.67. The molecule has 0 aromatic rings. The van der Waals surface area contributed by atoms with Crippen molar-refractivity contribution in [3.05, 3.63) is 0 Å². The van der Waals surface area contributed by atoms with E-state index in [1.54, 1.807) is 11.8 Å². The van der Waals surface area contributed by atoms with E-state index in [4.69, 9.17) is 0 Å². The van der Waals surface area contributed by atoms with Crippen LogP contribution in [0.15, 0.2) is 0 Å². The number of thioether (sulfide) groups is 1. The highest BCUT2D eigenvalue weighted by Gasteiger charge is 2.24. The van der Waals surface area contributed by atoms with E-state index < -0.39 is 0 Å². The number of carbonyl (C=O) groups is 1. The summed E-state index contributed by atoms with van der Waals surface area (Å²) in [6, 6.07) is 0.333. The van der Waals surface area contributed by atoms with Gasteiger partial charge in [-0.05, 0) is 31.1 Å². The zero-order valence-electron chi connectivity index (χ0n) is 11.0. The van der Waals surface area contributed by atoms with E-state index in [0.29, 0.717) is 12.0 Å². The molecule has 3 nitrogen and oxygen atoms in total. The first-order valence-electron chi connectivity index (χ1n) is 6.27. The summed E-state index contributed by atoms with van der Waals surface area (Å²) in [6.07, 6.45) is 2.28. The van der Waals surface area contributed by atoms with E-state index in [2.05, 4.69) is 31.4 Å². The lowest BCUT2D eigenvalue weighted by Gasteiger charge is -2.27. The van der Waals surface area contributed by atoms with Crippen LogP contribution >= 0.6 is 24.2 Å². The van der Waals surface area contributed by atoms with Gasteiger partial charge in [-0.15, -0.1) is 24.2 Å². The Bertz CT molecular complexity index is 221. The number of amides is 1. The molecule has 1 aliphatic heterocycles. The monoisotopic (exact) mass is 280 g/mol. The Morgan fingerprint density at radius 2 is 2.24 bits per heavy atom. The third-order valence-corrected chi connectivity index (χ3v) is 4.30. The molecule has 1 rings (SSSR count). The molecule has 2 N–H and O–H groups in total. The number of halogens is 1. The summed E-state index contributed by atoms with van der Waals surface area (Å²) in [7, 11) is 0. The SMILES string of the molecule is CCSC(C(=O)NC1CCCNC1)C(C)C.Cl. The van der Waals surface area contributed by atoms with Crippen molar-refractivity contribution >= 4 is 30.1 Å². The maximum Gasteiger partial charge on any atom is 0.233 e. The maximum atomic E-state index is 12.1. The normalized spacial score (nSPS) is 21.8. The first kappa shape index (κ1) is 17.1. The fraction of sp³-hybridized carbons (Fsp3) is 0.917. The highest BCUT2D eigenvalue weighted by atomic mass is 35.5. The Labute approximate surface area is 115 Å². The molecular formula is C12H25ClN2OS. The molecule has 0 aromatic heterocycles. The first-order valence-corrected chi connectivity index (χ1v) is 7.32. The van der Waals surface area contributed by atoms with Crippen LogP contribution in [0.3, 0.4) is 0 Å². The zero-order valence-corrected chi connectivity index (χ0v) is 12.6. The van der Waals surface area contributed by atoms with Crippen LogP contribution in [0, 0.1) is 5.92 Å². The number of rotatable bonds is 5. The Hall–Kier alpha value is 0.0700. The van der Waals surface area contributed by atoms with Gasteiger partial charge in [-0.2, -0.15) is 0 Å². The highest BCUT2D eigenvalue weighted by Crippen LogP contribution is 2.19. The third-order valence-electron chi connectivity index (χ3n) is 2.85. The van der Waals surface area contributed by atoms with Crippen molar-refractivity contribution in [2.75, 3.05) is 18.8 Å². The molecule has 1 fully saturated rings. The Morgan fingerprint density at radius 3 is 2.71 bits per heavy atom. The van der Waals surface area contributed by atoms with Crippen molar-refractivity contribution in [3.8, 4) is 0 Å². The van der Waals surface area contributed by atoms with Gasteiger partial charge in [-0.25, -0.2) is 0 Å². The van der Waals surface area contributed by atoms with Crippen LogP contribution < -0.4 is 10.6 Å². The molecule has 2 atom stereocenters. The Balaban J connectivity index is 0.00000256. The summed E-state index contributed by atoms with van der Waals surface area (Å²) >= 11 is 1.75. The molecular weight excluding hydrogens is 256 g/mol. The number of hydrogen-bond donors (Lipinski definition) is 2. The van der Waals surface area contributed by atoms with Crippen LogP contribution in [-0.4, -0.2) is 36.0 Å². The van der Waals surface area contributed by atoms with Crippen LogP contribution in [0.2, 0.25) is 0 Å². The summed E-state index contributed by atoms with van der Waals surface area (Å²) in [5.41, 5.74) is 0. The lowest BCUT2D eigenvalue weighted by Crippen LogP contribution is -2.49. The maximum absolute atomic E-state index is 12.1. The van der Waals surface area contributed by atoms with Crippen LogP contribution in [0.4, 0.5) is 0 Å². The van der Waals surface area contributed by atoms with Crippen LogP contribution in [-0.2, 0) is 4.79 Å². The molecule has 0 spiro atoms. The van der Waals surface area contributed by atoms with Gasteiger partial charge in [0.15, 0.2) is 0 Å². The summed E-state index contributed by atoms with van der Waals surface area (Å²) in [6.45, 7) is 8.35. The zero-order chi connectivity index (χ0) is 12.0. The van der Waals surface area contributed by atoms with Crippen molar-refractivity contribution in [1.82, 2.24) is 10.6 Å². The van der Waals surface area contributed by atoms with Gasteiger partial charge in [0.25, 0.3) is 0 Å². The molecule has 1 aliphatic rings. The fourth-order valence-electron chi connectivity index (χ4n) is 2.01. The quantitative estimate of drug-likeness (QED) is 0.810. The van der Waals surface area contributed by atoms with E-state index in [1.165, 1.54) is 0 Å². The number of piperidine rings is 1. The van der Waals surface area contributed by atoms with Crippen molar-refractivity contribution in [2.45, 2.75) is 44.9 Å². The van der Waals surface area contributed by atoms with Gasteiger partial charge in [0.1, 0.15) is 0 Å². The standard InChI is InChI=1S/C12H24N2OS.ClH/c1-4-16-11(9(2)3)12(15)14-10-6-5-7-13-8-10;/h9-11,13H,4-8H2,1-3H3,(H,14,15);1H. The van der Waals surface area contributed by atoms with E-state index in [1.807, 2.05) is 0 Å². The van der Waals surface area contributed by atoms with Crippen molar-refractivity contribution in [3.63, 3.8) is 0 Å². The largest absolute Gasteiger partial charge is 0.351 e. The molecule has 1 saturated heterocycles. The highest BCUT2D eigenvalue weighted by molar-refractivity contribution is 8.00. The minimum Gasteiger partial charge on any atom is -0.351 e. The van der Waals surface area contributed by atoms with Crippen molar-refractivity contribution in [1.29, 1.82) is 0 Å². The molecule has 5 heteroatoms. The van der Waals surface area contributed by atoms with Gasteiger partial charge in [0.2, 0.25) is 5.91 Å². The fourth-order valence-corrected chi connectivity index (χ4v) is 2.97. The second-order valence-corrected chi connectivity index (χ2v) is 6.09. The van der Waals surface area contributed by atoms with Crippen molar-refractivity contribution < 1.29 is 4.79 Å². The Kier molecular flexibility index (Phi) is 9.10. The van der Waals surface area contributed by atoms with E-state index in [-0.39, 0.29) is 23.6 Å². The molecule has 0 saturated carbocycles. The molecule has 0 bridgehead atoms. The predicted molar refractivity (Wildman–Crippen MR) is 78.0 cm³/mol. The lowest BCUT2D eigenvalue weighted by atomic mass is 10.1. The van der Waals surface area contributed by atoms with Gasteiger partial charge >= 0.3 is 0 Å². The summed E-state index contributed by atoms with van der Waals surface area (Å²) in [4.78, 5) is 12.1. The molecule has 17 heavy (non-hydrogen) atoms. The molecule has 1 amide bonds. The smallest absolute Gasteiger partial charge is 0.233 e. The summed E-state index contributed by atoms with van der Waals surface area (Å²) < 4.78 is 0. The van der Waals surface area contributed by atoms with E-state index in [9.17, 15) is 4.79 Å². The molecule has 0 aromatic carbocycles. The average molecular weight is 281 g/mol. The molecule has 0 aliphatic carbocycles. The minimum absolute atomic E-state index is 0. The van der Waals surface area contributed by atoms with Crippen LogP contribution in [0.1, 0.15) is 33.6 Å². The van der Waals surface area contributed by atoms with Crippen molar-refractivity contribution in [2.24, 2.45) is 5.92 Å². The number of nitrogens with one attached hydrogen (secondary N) is 2. The molecule has 2 unspecified atom stereocenters. The molecule has 1 heterocycles.